The molecule has 0 atom stereocenters. The monoisotopic (exact) mass is 407 g/mol. The van der Waals surface area contributed by atoms with Gasteiger partial charge in [0.05, 0.1) is 13.7 Å². The van der Waals surface area contributed by atoms with Crippen LogP contribution in [0.1, 0.15) is 23.6 Å². The normalized spacial score (nSPS) is 11.3. The lowest BCUT2D eigenvalue weighted by Gasteiger charge is -2.17. The Morgan fingerprint density at radius 1 is 1.10 bits per heavy atom. The van der Waals surface area contributed by atoms with Gasteiger partial charge in [-0.15, -0.1) is 0 Å². The van der Waals surface area contributed by atoms with Crippen molar-refractivity contribution in [3.8, 4) is 17.2 Å². The minimum Gasteiger partial charge on any atom is -0.496 e. The molecule has 0 heterocycles. The smallest absolute Gasteiger partial charge is 0.387 e. The van der Waals surface area contributed by atoms with E-state index in [9.17, 15) is 8.78 Å². The molecule has 158 valence electrons. The van der Waals surface area contributed by atoms with E-state index in [2.05, 4.69) is 20.4 Å². The first kappa shape index (κ1) is 22.3. The van der Waals surface area contributed by atoms with Crippen molar-refractivity contribution in [3.63, 3.8) is 0 Å². The van der Waals surface area contributed by atoms with Crippen molar-refractivity contribution in [1.29, 1.82) is 0 Å². The van der Waals surface area contributed by atoms with Crippen molar-refractivity contribution < 1.29 is 23.0 Å². The number of guanidine groups is 1. The molecule has 0 aromatic heterocycles. The molecular weight excluding hydrogens is 380 g/mol. The number of nitrogens with zero attached hydrogens (tertiary/aromatic N) is 1. The molecule has 8 heteroatoms. The third-order valence-corrected chi connectivity index (χ3v) is 4.16. The zero-order valence-corrected chi connectivity index (χ0v) is 17.1. The number of aliphatic imine (C=N–C) groups is 1. The summed E-state index contributed by atoms with van der Waals surface area (Å²) < 4.78 is 41.0. The van der Waals surface area contributed by atoms with Gasteiger partial charge in [-0.1, -0.05) is 24.3 Å². The van der Waals surface area contributed by atoms with Crippen molar-refractivity contribution >= 4 is 5.96 Å². The zero-order valence-electron chi connectivity index (χ0n) is 17.1. The van der Waals surface area contributed by atoms with Crippen LogP contribution in [0.3, 0.4) is 0 Å². The average Bonchev–Trinajstić information content (AvgIpc) is 2.70. The van der Waals surface area contributed by atoms with Gasteiger partial charge >= 0.3 is 6.61 Å². The first-order valence-corrected chi connectivity index (χ1v) is 9.26. The number of aryl methyl sites for hydroxylation is 1. The van der Waals surface area contributed by atoms with Gasteiger partial charge in [0.25, 0.3) is 0 Å². The molecule has 0 spiro atoms. The van der Waals surface area contributed by atoms with E-state index in [0.29, 0.717) is 24.7 Å². The fourth-order valence-corrected chi connectivity index (χ4v) is 2.83. The largest absolute Gasteiger partial charge is 0.496 e. The highest BCUT2D eigenvalue weighted by atomic mass is 19.3. The van der Waals surface area contributed by atoms with E-state index in [0.717, 1.165) is 16.9 Å². The molecule has 0 aliphatic carbocycles. The Balaban J connectivity index is 2.03. The topological polar surface area (TPSA) is 64.1 Å². The van der Waals surface area contributed by atoms with E-state index in [4.69, 9.17) is 9.47 Å². The van der Waals surface area contributed by atoms with Gasteiger partial charge in [0.15, 0.2) is 17.5 Å². The Bertz CT molecular complexity index is 829. The van der Waals surface area contributed by atoms with Gasteiger partial charge in [-0.25, -0.2) is 0 Å². The van der Waals surface area contributed by atoms with Gasteiger partial charge in [-0.2, -0.15) is 8.78 Å². The molecule has 0 aliphatic rings. The van der Waals surface area contributed by atoms with Gasteiger partial charge in [-0.05, 0) is 37.1 Å². The number of methoxy groups -OCH3 is 1. The Labute approximate surface area is 169 Å². The maximum atomic E-state index is 12.8. The van der Waals surface area contributed by atoms with Crippen LogP contribution in [0.25, 0.3) is 0 Å². The van der Waals surface area contributed by atoms with Gasteiger partial charge in [-0.3, -0.25) is 4.99 Å². The molecule has 29 heavy (non-hydrogen) atoms. The minimum absolute atomic E-state index is 0.0260. The summed E-state index contributed by atoms with van der Waals surface area (Å²) in [5.74, 6) is 1.67. The Kier molecular flexibility index (Phi) is 8.51. The van der Waals surface area contributed by atoms with Crippen LogP contribution in [0.15, 0.2) is 41.4 Å². The van der Waals surface area contributed by atoms with Crippen LogP contribution in [-0.4, -0.2) is 33.3 Å². The third-order valence-electron chi connectivity index (χ3n) is 4.16. The highest BCUT2D eigenvalue weighted by Gasteiger charge is 2.16. The Hall–Kier alpha value is -3.03. The molecule has 0 radical (unpaired) electrons. The average molecular weight is 407 g/mol. The van der Waals surface area contributed by atoms with Crippen molar-refractivity contribution in [2.24, 2.45) is 4.99 Å². The van der Waals surface area contributed by atoms with Crippen molar-refractivity contribution in [3.05, 3.63) is 53.1 Å². The van der Waals surface area contributed by atoms with Crippen LogP contribution in [0.4, 0.5) is 8.78 Å². The lowest BCUT2D eigenvalue weighted by atomic mass is 10.1. The first-order chi connectivity index (χ1) is 14.0. The summed E-state index contributed by atoms with van der Waals surface area (Å²) in [5, 5.41) is 6.31. The van der Waals surface area contributed by atoms with Crippen LogP contribution in [0.5, 0.6) is 17.2 Å². The van der Waals surface area contributed by atoms with Crippen molar-refractivity contribution in [2.75, 3.05) is 20.8 Å². The second kappa shape index (κ2) is 11.1. The molecule has 0 fully saturated rings. The van der Waals surface area contributed by atoms with Crippen LogP contribution in [0.2, 0.25) is 0 Å². The summed E-state index contributed by atoms with van der Waals surface area (Å²) >= 11 is 0. The molecule has 2 aromatic rings. The Morgan fingerprint density at radius 3 is 2.48 bits per heavy atom. The molecule has 0 saturated carbocycles. The molecule has 2 aromatic carbocycles. The molecule has 0 bridgehead atoms. The molecule has 0 aliphatic heterocycles. The number of hydrogen-bond acceptors (Lipinski definition) is 4. The molecule has 6 nitrogen and oxygen atoms in total. The van der Waals surface area contributed by atoms with E-state index in [1.54, 1.807) is 39.3 Å². The number of para-hydroxylation sites is 1. The van der Waals surface area contributed by atoms with Crippen molar-refractivity contribution in [2.45, 2.75) is 33.5 Å². The first-order valence-electron chi connectivity index (χ1n) is 9.26. The number of rotatable bonds is 9. The highest BCUT2D eigenvalue weighted by Crippen LogP contribution is 2.32. The summed E-state index contributed by atoms with van der Waals surface area (Å²) in [6, 6.07) is 10.9. The standard InChI is InChI=1S/C21H27F2N3O3/c1-5-28-18-8-6-7-16(19(18)29-20(22)23)13-26-21(24-3)25-12-15-9-10-17(27-4)14(2)11-15/h6-11,20H,5,12-13H2,1-4H3,(H2,24,25,26). The number of alkyl halides is 2. The summed E-state index contributed by atoms with van der Waals surface area (Å²) in [4.78, 5) is 4.17. The predicted octanol–water partition coefficient (Wildman–Crippen LogP) is 3.87. The van der Waals surface area contributed by atoms with E-state index in [-0.39, 0.29) is 18.0 Å². The Morgan fingerprint density at radius 2 is 1.86 bits per heavy atom. The number of benzene rings is 2. The fourth-order valence-electron chi connectivity index (χ4n) is 2.83. The number of ether oxygens (including phenoxy) is 3. The van der Waals surface area contributed by atoms with Crippen LogP contribution in [-0.2, 0) is 13.1 Å². The molecule has 0 saturated heterocycles. The number of halogens is 2. The van der Waals surface area contributed by atoms with Crippen LogP contribution in [0, 0.1) is 6.92 Å². The van der Waals surface area contributed by atoms with Crippen LogP contribution < -0.4 is 24.8 Å². The highest BCUT2D eigenvalue weighted by molar-refractivity contribution is 5.79. The second-order valence-electron chi connectivity index (χ2n) is 6.14. The number of nitrogens with one attached hydrogen (secondary N) is 2. The molecular formula is C21H27F2N3O3. The lowest BCUT2D eigenvalue weighted by Crippen LogP contribution is -2.36. The summed E-state index contributed by atoms with van der Waals surface area (Å²) in [6.45, 7) is 1.95. The molecule has 0 amide bonds. The maximum absolute atomic E-state index is 12.8. The molecule has 0 unspecified atom stereocenters. The van der Waals surface area contributed by atoms with E-state index in [1.165, 1.54) is 0 Å². The van der Waals surface area contributed by atoms with Gasteiger partial charge in [0, 0.05) is 25.7 Å². The zero-order chi connectivity index (χ0) is 21.2. The van der Waals surface area contributed by atoms with Gasteiger partial charge < -0.3 is 24.8 Å². The van der Waals surface area contributed by atoms with Crippen molar-refractivity contribution in [1.82, 2.24) is 10.6 Å². The van der Waals surface area contributed by atoms with E-state index < -0.39 is 6.61 Å². The number of hydrogen-bond donors (Lipinski definition) is 2. The maximum Gasteiger partial charge on any atom is 0.387 e. The quantitative estimate of drug-likeness (QED) is 0.488. The summed E-state index contributed by atoms with van der Waals surface area (Å²) in [7, 11) is 3.28. The van der Waals surface area contributed by atoms with Gasteiger partial charge in [0.1, 0.15) is 5.75 Å². The van der Waals surface area contributed by atoms with Gasteiger partial charge in [0.2, 0.25) is 0 Å². The van der Waals surface area contributed by atoms with Crippen LogP contribution >= 0.6 is 0 Å². The molecule has 2 rings (SSSR count). The summed E-state index contributed by atoms with van der Waals surface area (Å²) in [5.41, 5.74) is 2.64. The predicted molar refractivity (Wildman–Crippen MR) is 109 cm³/mol. The second-order valence-corrected chi connectivity index (χ2v) is 6.14. The van der Waals surface area contributed by atoms with E-state index >= 15 is 0 Å². The molecule has 2 N–H and O–H groups in total. The lowest BCUT2D eigenvalue weighted by molar-refractivity contribution is -0.0520. The third kappa shape index (κ3) is 6.51. The minimum atomic E-state index is -2.94. The fraction of sp³-hybridized carbons (Fsp3) is 0.381. The summed E-state index contributed by atoms with van der Waals surface area (Å²) in [6.07, 6.45) is 0. The SMILES string of the molecule is CCOc1cccc(CNC(=NC)NCc2ccc(OC)c(C)c2)c1OC(F)F. The van der Waals surface area contributed by atoms with E-state index in [1.807, 2.05) is 25.1 Å².